The molecule has 3 aromatic rings. The number of aromatic nitrogens is 3. The van der Waals surface area contributed by atoms with Gasteiger partial charge >= 0.3 is 0 Å². The number of guanidine groups is 1. The summed E-state index contributed by atoms with van der Waals surface area (Å²) in [4.78, 5) is 18.2. The second kappa shape index (κ2) is 13.3. The van der Waals surface area contributed by atoms with Crippen LogP contribution in [0.2, 0.25) is 0 Å². The fraction of sp³-hybridized carbons (Fsp3) is 0.458. The zero-order valence-electron chi connectivity index (χ0n) is 19.4. The minimum Gasteiger partial charge on any atom is -0.357 e. The van der Waals surface area contributed by atoms with Crippen LogP contribution in [0.3, 0.4) is 0 Å². The molecule has 0 atom stereocenters. The van der Waals surface area contributed by atoms with Crippen molar-refractivity contribution in [3.8, 4) is 0 Å². The maximum absolute atomic E-state index is 4.77. The van der Waals surface area contributed by atoms with Crippen LogP contribution in [0.25, 0.3) is 10.9 Å². The minimum absolute atomic E-state index is 0. The van der Waals surface area contributed by atoms with Crippen molar-refractivity contribution in [2.24, 2.45) is 4.99 Å². The SMILES string of the molecule is CCNC(=NCCCn1ccc2ccccc21)NCCN1CCN(c2ncccn2)CC1.I. The highest BCUT2D eigenvalue weighted by Gasteiger charge is 2.18. The molecule has 0 spiro atoms. The van der Waals surface area contributed by atoms with Crippen molar-refractivity contribution in [3.05, 3.63) is 55.0 Å². The molecule has 33 heavy (non-hydrogen) atoms. The van der Waals surface area contributed by atoms with E-state index in [2.05, 4.69) is 78.4 Å². The summed E-state index contributed by atoms with van der Waals surface area (Å²) in [6, 6.07) is 12.6. The van der Waals surface area contributed by atoms with Crippen LogP contribution in [0.1, 0.15) is 13.3 Å². The Bertz CT molecular complexity index is 982. The van der Waals surface area contributed by atoms with Gasteiger partial charge in [-0.3, -0.25) is 9.89 Å². The minimum atomic E-state index is 0. The van der Waals surface area contributed by atoms with E-state index < -0.39 is 0 Å². The highest BCUT2D eigenvalue weighted by atomic mass is 127. The molecule has 3 heterocycles. The first-order chi connectivity index (χ1) is 15.8. The number of fused-ring (bicyclic) bond motifs is 1. The Hall–Kier alpha value is -2.40. The lowest BCUT2D eigenvalue weighted by Crippen LogP contribution is -2.49. The summed E-state index contributed by atoms with van der Waals surface area (Å²) in [5.41, 5.74) is 1.29. The van der Waals surface area contributed by atoms with E-state index >= 15 is 0 Å². The Morgan fingerprint density at radius 1 is 0.970 bits per heavy atom. The van der Waals surface area contributed by atoms with Gasteiger partial charge in [-0.25, -0.2) is 9.97 Å². The summed E-state index contributed by atoms with van der Waals surface area (Å²) < 4.78 is 2.31. The Labute approximate surface area is 213 Å². The smallest absolute Gasteiger partial charge is 0.225 e. The summed E-state index contributed by atoms with van der Waals surface area (Å²) >= 11 is 0. The zero-order valence-corrected chi connectivity index (χ0v) is 21.7. The van der Waals surface area contributed by atoms with Crippen LogP contribution < -0.4 is 15.5 Å². The number of rotatable bonds is 9. The van der Waals surface area contributed by atoms with E-state index in [0.29, 0.717) is 0 Å². The van der Waals surface area contributed by atoms with Crippen molar-refractivity contribution in [1.82, 2.24) is 30.1 Å². The molecule has 8 nitrogen and oxygen atoms in total. The molecule has 0 saturated carbocycles. The van der Waals surface area contributed by atoms with E-state index in [9.17, 15) is 0 Å². The maximum atomic E-state index is 4.77. The average Bonchev–Trinajstić information content (AvgIpc) is 3.26. The van der Waals surface area contributed by atoms with E-state index in [1.54, 1.807) is 12.4 Å². The molecule has 2 N–H and O–H groups in total. The van der Waals surface area contributed by atoms with Crippen molar-refractivity contribution in [2.75, 3.05) is 57.3 Å². The molecule has 0 radical (unpaired) electrons. The van der Waals surface area contributed by atoms with Gasteiger partial charge in [0.2, 0.25) is 5.95 Å². The molecule has 0 aliphatic carbocycles. The van der Waals surface area contributed by atoms with Gasteiger partial charge in [0.25, 0.3) is 0 Å². The number of aryl methyl sites for hydroxylation is 1. The predicted molar refractivity (Wildman–Crippen MR) is 147 cm³/mol. The van der Waals surface area contributed by atoms with E-state index in [1.165, 1.54) is 10.9 Å². The Morgan fingerprint density at radius 2 is 1.76 bits per heavy atom. The second-order valence-corrected chi connectivity index (χ2v) is 7.99. The van der Waals surface area contributed by atoms with Gasteiger partial charge < -0.3 is 20.1 Å². The third kappa shape index (κ3) is 7.29. The van der Waals surface area contributed by atoms with Gasteiger partial charge in [-0.15, -0.1) is 24.0 Å². The first kappa shape index (κ1) is 25.2. The van der Waals surface area contributed by atoms with Crippen LogP contribution in [0.4, 0.5) is 5.95 Å². The predicted octanol–water partition coefficient (Wildman–Crippen LogP) is 2.82. The lowest BCUT2D eigenvalue weighted by Gasteiger charge is -2.34. The normalized spacial score (nSPS) is 14.8. The standard InChI is InChI=1S/C24H34N8.HI/c1-2-25-23(26-12-6-14-31-15-9-21-7-3-4-8-22(21)31)27-13-16-30-17-19-32(20-18-30)24-28-10-5-11-29-24;/h3-5,7-11,15H,2,6,12-14,16-20H2,1H3,(H2,25,26,27);1H. The zero-order chi connectivity index (χ0) is 22.0. The number of para-hydroxylation sites is 1. The molecule has 0 amide bonds. The third-order valence-electron chi connectivity index (χ3n) is 5.78. The highest BCUT2D eigenvalue weighted by molar-refractivity contribution is 14.0. The van der Waals surface area contributed by atoms with Crippen LogP contribution in [0, 0.1) is 0 Å². The summed E-state index contributed by atoms with van der Waals surface area (Å²) in [7, 11) is 0. The third-order valence-corrected chi connectivity index (χ3v) is 5.78. The van der Waals surface area contributed by atoms with Crippen molar-refractivity contribution in [2.45, 2.75) is 19.9 Å². The lowest BCUT2D eigenvalue weighted by atomic mass is 10.2. The van der Waals surface area contributed by atoms with Crippen LogP contribution in [-0.4, -0.2) is 77.8 Å². The number of nitrogens with zero attached hydrogens (tertiary/aromatic N) is 6. The highest BCUT2D eigenvalue weighted by Crippen LogP contribution is 2.15. The van der Waals surface area contributed by atoms with Crippen LogP contribution in [0.5, 0.6) is 0 Å². The van der Waals surface area contributed by atoms with Gasteiger partial charge in [-0.1, -0.05) is 18.2 Å². The van der Waals surface area contributed by atoms with Crippen molar-refractivity contribution < 1.29 is 0 Å². The topological polar surface area (TPSA) is 73.6 Å². The molecule has 1 aliphatic rings. The van der Waals surface area contributed by atoms with Gasteiger partial charge in [-0.2, -0.15) is 0 Å². The molecule has 0 bridgehead atoms. The number of anilines is 1. The molecule has 1 aliphatic heterocycles. The summed E-state index contributed by atoms with van der Waals surface area (Å²) in [5, 5.41) is 8.14. The molecule has 2 aromatic heterocycles. The summed E-state index contributed by atoms with van der Waals surface area (Å²) in [5.74, 6) is 1.74. The largest absolute Gasteiger partial charge is 0.357 e. The molecule has 1 saturated heterocycles. The fourth-order valence-corrected chi connectivity index (χ4v) is 4.07. The maximum Gasteiger partial charge on any atom is 0.225 e. The van der Waals surface area contributed by atoms with Gasteiger partial charge in [0.1, 0.15) is 0 Å². The van der Waals surface area contributed by atoms with E-state index in [-0.39, 0.29) is 24.0 Å². The first-order valence-electron chi connectivity index (χ1n) is 11.6. The van der Waals surface area contributed by atoms with Gasteiger partial charge in [-0.05, 0) is 36.9 Å². The number of halogens is 1. The molecular formula is C24H35IN8. The molecule has 0 unspecified atom stereocenters. The summed E-state index contributed by atoms with van der Waals surface area (Å²) in [6.07, 6.45) is 6.79. The van der Waals surface area contributed by atoms with Crippen LogP contribution in [-0.2, 0) is 6.54 Å². The molecule has 1 fully saturated rings. The number of benzene rings is 1. The molecule has 9 heteroatoms. The number of hydrogen-bond acceptors (Lipinski definition) is 5. The summed E-state index contributed by atoms with van der Waals surface area (Å²) in [6.45, 7) is 10.6. The average molecular weight is 563 g/mol. The number of aliphatic imine (C=N–C) groups is 1. The lowest BCUT2D eigenvalue weighted by molar-refractivity contribution is 0.260. The Morgan fingerprint density at radius 3 is 2.55 bits per heavy atom. The van der Waals surface area contributed by atoms with Crippen LogP contribution in [0.15, 0.2) is 60.0 Å². The first-order valence-corrected chi connectivity index (χ1v) is 11.6. The van der Waals surface area contributed by atoms with E-state index in [0.717, 1.165) is 77.2 Å². The molecular weight excluding hydrogens is 527 g/mol. The molecule has 1 aromatic carbocycles. The molecule has 178 valence electrons. The number of hydrogen-bond donors (Lipinski definition) is 2. The monoisotopic (exact) mass is 562 g/mol. The van der Waals surface area contributed by atoms with Crippen molar-refractivity contribution in [3.63, 3.8) is 0 Å². The van der Waals surface area contributed by atoms with E-state index in [1.807, 2.05) is 6.07 Å². The van der Waals surface area contributed by atoms with Gasteiger partial charge in [0, 0.05) is 83.0 Å². The molecule has 4 rings (SSSR count). The Kier molecular flexibility index (Phi) is 10.2. The van der Waals surface area contributed by atoms with E-state index in [4.69, 9.17) is 4.99 Å². The van der Waals surface area contributed by atoms with Crippen molar-refractivity contribution >= 4 is 46.8 Å². The van der Waals surface area contributed by atoms with Crippen molar-refractivity contribution in [1.29, 1.82) is 0 Å². The van der Waals surface area contributed by atoms with Gasteiger partial charge in [0.05, 0.1) is 0 Å². The number of nitrogens with one attached hydrogen (secondary N) is 2. The second-order valence-electron chi connectivity index (χ2n) is 7.99. The van der Waals surface area contributed by atoms with Crippen LogP contribution >= 0.6 is 24.0 Å². The fourth-order valence-electron chi connectivity index (χ4n) is 4.07. The quantitative estimate of drug-likeness (QED) is 0.181. The van der Waals surface area contributed by atoms with Gasteiger partial charge in [0.15, 0.2) is 5.96 Å². The number of piperazine rings is 1. The Balaban J connectivity index is 0.00000306.